The molecule has 0 saturated carbocycles. The van der Waals surface area contributed by atoms with Crippen molar-refractivity contribution in [3.63, 3.8) is 0 Å². The van der Waals surface area contributed by atoms with Gasteiger partial charge in [-0.2, -0.15) is 0 Å². The largest absolute Gasteiger partial charge is 0.264 e. The fourth-order valence-corrected chi connectivity index (χ4v) is 3.57. The maximum absolute atomic E-state index is 6.08. The SMILES string of the molecule is Clc1cccc(-c2ccc3nc(-c4cccnc4)sc3c2)c1. The highest BCUT2D eigenvalue weighted by atomic mass is 35.5. The van der Waals surface area contributed by atoms with Gasteiger partial charge < -0.3 is 0 Å². The minimum absolute atomic E-state index is 0.748. The fraction of sp³-hybridized carbons (Fsp3) is 0. The molecule has 4 heteroatoms. The fourth-order valence-electron chi connectivity index (χ4n) is 2.38. The molecule has 0 N–H and O–H groups in total. The number of fused-ring (bicyclic) bond motifs is 1. The molecule has 4 rings (SSSR count). The van der Waals surface area contributed by atoms with E-state index < -0.39 is 0 Å². The highest BCUT2D eigenvalue weighted by Crippen LogP contribution is 2.33. The maximum atomic E-state index is 6.08. The molecule has 22 heavy (non-hydrogen) atoms. The predicted octanol–water partition coefficient (Wildman–Crippen LogP) is 5.68. The van der Waals surface area contributed by atoms with Crippen LogP contribution in [0.5, 0.6) is 0 Å². The molecule has 0 fully saturated rings. The summed E-state index contributed by atoms with van der Waals surface area (Å²) >= 11 is 7.76. The third kappa shape index (κ3) is 2.49. The van der Waals surface area contributed by atoms with Crippen molar-refractivity contribution in [2.45, 2.75) is 0 Å². The molecular formula is C18H11ClN2S. The van der Waals surface area contributed by atoms with Gasteiger partial charge in [0.1, 0.15) is 5.01 Å². The topological polar surface area (TPSA) is 25.8 Å². The highest BCUT2D eigenvalue weighted by Gasteiger charge is 2.08. The van der Waals surface area contributed by atoms with Crippen molar-refractivity contribution in [1.29, 1.82) is 0 Å². The Hall–Kier alpha value is -2.23. The van der Waals surface area contributed by atoms with E-state index in [0.717, 1.165) is 36.9 Å². The van der Waals surface area contributed by atoms with Crippen LogP contribution in [0.2, 0.25) is 5.02 Å². The van der Waals surface area contributed by atoms with Crippen molar-refractivity contribution >= 4 is 33.2 Å². The van der Waals surface area contributed by atoms with Gasteiger partial charge in [-0.25, -0.2) is 4.98 Å². The van der Waals surface area contributed by atoms with Crippen LogP contribution in [-0.2, 0) is 0 Å². The van der Waals surface area contributed by atoms with Gasteiger partial charge in [0.25, 0.3) is 0 Å². The molecule has 106 valence electrons. The van der Waals surface area contributed by atoms with E-state index in [1.165, 1.54) is 0 Å². The first-order valence-electron chi connectivity index (χ1n) is 6.86. The molecule has 0 aliphatic rings. The lowest BCUT2D eigenvalue weighted by molar-refractivity contribution is 1.32. The van der Waals surface area contributed by atoms with Crippen LogP contribution in [0.25, 0.3) is 31.9 Å². The van der Waals surface area contributed by atoms with E-state index in [-0.39, 0.29) is 0 Å². The number of thiazole rings is 1. The van der Waals surface area contributed by atoms with Crippen LogP contribution in [0.3, 0.4) is 0 Å². The second-order valence-electron chi connectivity index (χ2n) is 4.95. The van der Waals surface area contributed by atoms with Crippen LogP contribution in [0.1, 0.15) is 0 Å². The molecule has 0 radical (unpaired) electrons. The van der Waals surface area contributed by atoms with E-state index in [1.807, 2.05) is 36.5 Å². The standard InChI is InChI=1S/C18H11ClN2S/c19-15-5-1-3-12(9-15)13-6-7-16-17(10-13)22-18(21-16)14-4-2-8-20-11-14/h1-11H. The van der Waals surface area contributed by atoms with Crippen LogP contribution in [-0.4, -0.2) is 9.97 Å². The minimum atomic E-state index is 0.748. The zero-order valence-corrected chi connectivity index (χ0v) is 13.1. The van der Waals surface area contributed by atoms with E-state index in [4.69, 9.17) is 11.6 Å². The number of hydrogen-bond acceptors (Lipinski definition) is 3. The Morgan fingerprint density at radius 1 is 0.864 bits per heavy atom. The number of benzene rings is 2. The average Bonchev–Trinajstić information content (AvgIpc) is 2.99. The summed E-state index contributed by atoms with van der Waals surface area (Å²) in [5.74, 6) is 0. The Labute approximate surface area is 137 Å². The zero-order chi connectivity index (χ0) is 14.9. The first-order valence-corrected chi connectivity index (χ1v) is 8.06. The monoisotopic (exact) mass is 322 g/mol. The van der Waals surface area contributed by atoms with E-state index in [2.05, 4.69) is 34.2 Å². The van der Waals surface area contributed by atoms with E-state index in [1.54, 1.807) is 17.5 Å². The lowest BCUT2D eigenvalue weighted by atomic mass is 10.1. The molecule has 0 atom stereocenters. The van der Waals surface area contributed by atoms with Crippen molar-refractivity contribution < 1.29 is 0 Å². The summed E-state index contributed by atoms with van der Waals surface area (Å²) in [5, 5.41) is 1.74. The van der Waals surface area contributed by atoms with Crippen molar-refractivity contribution in [2.75, 3.05) is 0 Å². The lowest BCUT2D eigenvalue weighted by Gasteiger charge is -2.01. The molecule has 0 spiro atoms. The second kappa shape index (κ2) is 5.52. The van der Waals surface area contributed by atoms with Crippen molar-refractivity contribution in [1.82, 2.24) is 9.97 Å². The second-order valence-corrected chi connectivity index (χ2v) is 6.42. The number of pyridine rings is 1. The third-order valence-electron chi connectivity index (χ3n) is 3.45. The molecule has 4 aromatic rings. The molecule has 2 heterocycles. The predicted molar refractivity (Wildman–Crippen MR) is 93.3 cm³/mol. The van der Waals surface area contributed by atoms with Crippen LogP contribution >= 0.6 is 22.9 Å². The number of aromatic nitrogens is 2. The molecule has 0 amide bonds. The molecule has 0 aliphatic carbocycles. The van der Waals surface area contributed by atoms with Crippen LogP contribution in [0.4, 0.5) is 0 Å². The number of nitrogens with zero attached hydrogens (tertiary/aromatic N) is 2. The van der Waals surface area contributed by atoms with Crippen molar-refractivity contribution in [2.24, 2.45) is 0 Å². The first-order chi connectivity index (χ1) is 10.8. The number of hydrogen-bond donors (Lipinski definition) is 0. The molecule has 2 nitrogen and oxygen atoms in total. The molecule has 2 aromatic carbocycles. The molecule has 0 unspecified atom stereocenters. The van der Waals surface area contributed by atoms with E-state index in [9.17, 15) is 0 Å². The minimum Gasteiger partial charge on any atom is -0.264 e. The summed E-state index contributed by atoms with van der Waals surface area (Å²) in [5.41, 5.74) is 4.32. The van der Waals surface area contributed by atoms with Gasteiger partial charge in [0.15, 0.2) is 0 Å². The Bertz CT molecular complexity index is 948. The third-order valence-corrected chi connectivity index (χ3v) is 4.76. The first kappa shape index (κ1) is 13.4. The lowest BCUT2D eigenvalue weighted by Crippen LogP contribution is -1.78. The molecule has 0 bridgehead atoms. The Balaban J connectivity index is 1.82. The van der Waals surface area contributed by atoms with Gasteiger partial charge in [-0.3, -0.25) is 4.98 Å². The van der Waals surface area contributed by atoms with E-state index >= 15 is 0 Å². The summed E-state index contributed by atoms with van der Waals surface area (Å²) in [6, 6.07) is 18.2. The maximum Gasteiger partial charge on any atom is 0.126 e. The van der Waals surface area contributed by atoms with Crippen molar-refractivity contribution in [3.8, 4) is 21.7 Å². The number of halogens is 1. The van der Waals surface area contributed by atoms with Gasteiger partial charge in [0.2, 0.25) is 0 Å². The van der Waals surface area contributed by atoms with Crippen LogP contribution < -0.4 is 0 Å². The molecular weight excluding hydrogens is 312 g/mol. The average molecular weight is 323 g/mol. The molecule has 2 aromatic heterocycles. The molecule has 0 saturated heterocycles. The van der Waals surface area contributed by atoms with Gasteiger partial charge in [-0.15, -0.1) is 11.3 Å². The van der Waals surface area contributed by atoms with Gasteiger partial charge in [0.05, 0.1) is 10.2 Å². The summed E-state index contributed by atoms with van der Waals surface area (Å²) in [4.78, 5) is 8.85. The summed E-state index contributed by atoms with van der Waals surface area (Å²) < 4.78 is 1.16. The highest BCUT2D eigenvalue weighted by molar-refractivity contribution is 7.21. The summed E-state index contributed by atoms with van der Waals surface area (Å²) in [6.45, 7) is 0. The van der Waals surface area contributed by atoms with Crippen molar-refractivity contribution in [3.05, 3.63) is 72.0 Å². The zero-order valence-electron chi connectivity index (χ0n) is 11.5. The number of rotatable bonds is 2. The van der Waals surface area contributed by atoms with E-state index in [0.29, 0.717) is 0 Å². The van der Waals surface area contributed by atoms with Gasteiger partial charge in [0, 0.05) is 23.0 Å². The van der Waals surface area contributed by atoms with Gasteiger partial charge in [-0.05, 0) is 47.5 Å². The Kier molecular flexibility index (Phi) is 3.37. The Morgan fingerprint density at radius 3 is 2.55 bits per heavy atom. The summed E-state index contributed by atoms with van der Waals surface area (Å²) in [6.07, 6.45) is 3.61. The molecule has 0 aliphatic heterocycles. The Morgan fingerprint density at radius 2 is 1.73 bits per heavy atom. The quantitative estimate of drug-likeness (QED) is 0.474. The van der Waals surface area contributed by atoms with Gasteiger partial charge in [-0.1, -0.05) is 29.8 Å². The van der Waals surface area contributed by atoms with Crippen LogP contribution in [0.15, 0.2) is 67.0 Å². The van der Waals surface area contributed by atoms with Gasteiger partial charge >= 0.3 is 0 Å². The summed E-state index contributed by atoms with van der Waals surface area (Å²) in [7, 11) is 0. The van der Waals surface area contributed by atoms with Crippen LogP contribution in [0, 0.1) is 0 Å². The smallest absolute Gasteiger partial charge is 0.126 e. The normalized spacial score (nSPS) is 11.0.